The summed E-state index contributed by atoms with van der Waals surface area (Å²) in [6, 6.07) is 0. The van der Waals surface area contributed by atoms with Crippen LogP contribution < -0.4 is 0 Å². The van der Waals surface area contributed by atoms with Gasteiger partial charge in [-0.3, -0.25) is 0 Å². The molecule has 1 saturated heterocycles. The third-order valence-electron chi connectivity index (χ3n) is 0.232. The SMILES string of the molecule is OC1(O)OO1.[Ca+2].[H-].[H-].[H-].[H-].[Mg+2]. The molecule has 0 amide bonds. The largest absolute Gasteiger partial charge is 2.00 e. The van der Waals surface area contributed by atoms with Crippen LogP contribution in [-0.2, 0) is 9.78 Å². The summed E-state index contributed by atoms with van der Waals surface area (Å²) in [5.74, 6) is 0. The van der Waals surface area contributed by atoms with Crippen LogP contribution in [0.5, 0.6) is 0 Å². The van der Waals surface area contributed by atoms with Crippen molar-refractivity contribution < 1.29 is 25.7 Å². The van der Waals surface area contributed by atoms with Gasteiger partial charge in [-0.15, -0.1) is 9.78 Å². The van der Waals surface area contributed by atoms with Crippen molar-refractivity contribution in [1.29, 1.82) is 0 Å². The summed E-state index contributed by atoms with van der Waals surface area (Å²) in [5.41, 5.74) is 0. The van der Waals surface area contributed by atoms with Crippen molar-refractivity contribution in [2.24, 2.45) is 0 Å². The summed E-state index contributed by atoms with van der Waals surface area (Å²) < 4.78 is 0. The average molecular weight is 146 g/mol. The van der Waals surface area contributed by atoms with Crippen molar-refractivity contribution in [2.75, 3.05) is 0 Å². The number of rotatable bonds is 0. The fraction of sp³-hybridized carbons (Fsp3) is 1.00. The van der Waals surface area contributed by atoms with E-state index in [2.05, 4.69) is 9.78 Å². The summed E-state index contributed by atoms with van der Waals surface area (Å²) in [7, 11) is 0. The maximum Gasteiger partial charge on any atom is 2.00 e. The zero-order valence-corrected chi connectivity index (χ0v) is 7.25. The van der Waals surface area contributed by atoms with Crippen LogP contribution in [0.4, 0.5) is 0 Å². The summed E-state index contributed by atoms with van der Waals surface area (Å²) >= 11 is 0. The van der Waals surface area contributed by atoms with Gasteiger partial charge in [0.05, 0.1) is 0 Å². The Labute approximate surface area is 91.8 Å². The molecule has 38 valence electrons. The van der Waals surface area contributed by atoms with Crippen LogP contribution in [0.25, 0.3) is 0 Å². The monoisotopic (exact) mass is 146 g/mol. The number of hydrogen-bond donors (Lipinski definition) is 2. The minimum absolute atomic E-state index is 0. The molecule has 0 spiro atoms. The Bertz CT molecular complexity index is 60.1. The van der Waals surface area contributed by atoms with Crippen molar-refractivity contribution in [1.82, 2.24) is 0 Å². The van der Waals surface area contributed by atoms with Gasteiger partial charge in [-0.05, 0) is 0 Å². The molecule has 0 atom stereocenters. The Morgan fingerprint density at radius 2 is 1.43 bits per heavy atom. The van der Waals surface area contributed by atoms with Crippen molar-refractivity contribution in [3.8, 4) is 0 Å². The van der Waals surface area contributed by atoms with Gasteiger partial charge in [0.2, 0.25) is 0 Å². The molecule has 4 nitrogen and oxygen atoms in total. The van der Waals surface area contributed by atoms with Gasteiger partial charge < -0.3 is 15.9 Å². The topological polar surface area (TPSA) is 65.5 Å². The van der Waals surface area contributed by atoms with Crippen molar-refractivity contribution in [3.63, 3.8) is 0 Å². The first-order valence-corrected chi connectivity index (χ1v) is 1.02. The van der Waals surface area contributed by atoms with Crippen LogP contribution in [0.15, 0.2) is 0 Å². The van der Waals surface area contributed by atoms with Gasteiger partial charge in [0.25, 0.3) is 0 Å². The molecule has 0 aromatic heterocycles. The molecule has 0 unspecified atom stereocenters. The quantitative estimate of drug-likeness (QED) is 0.184. The van der Waals surface area contributed by atoms with E-state index in [0.717, 1.165) is 0 Å². The molecule has 1 aliphatic rings. The number of aliphatic hydroxyl groups is 2. The minimum Gasteiger partial charge on any atom is -1.00 e. The van der Waals surface area contributed by atoms with Crippen LogP contribution >= 0.6 is 0 Å². The van der Waals surface area contributed by atoms with E-state index < -0.39 is 6.16 Å². The first-order valence-electron chi connectivity index (χ1n) is 1.02. The van der Waals surface area contributed by atoms with Gasteiger partial charge in [-0.1, -0.05) is 0 Å². The molecular formula is CH6CaMgO4. The first-order chi connectivity index (χ1) is 2.21. The van der Waals surface area contributed by atoms with E-state index in [0.29, 0.717) is 0 Å². The Kier molecular flexibility index (Phi) is 6.33. The Balaban J connectivity index is -0.0000000104. The van der Waals surface area contributed by atoms with Crippen LogP contribution in [0.3, 0.4) is 0 Å². The fourth-order valence-electron chi connectivity index (χ4n) is 0.0373. The van der Waals surface area contributed by atoms with Gasteiger partial charge >= 0.3 is 67.0 Å². The van der Waals surface area contributed by atoms with E-state index in [1.165, 1.54) is 0 Å². The normalized spacial score (nSPS) is 21.4. The van der Waals surface area contributed by atoms with Gasteiger partial charge in [-0.25, -0.2) is 0 Å². The molecule has 0 aromatic carbocycles. The maximum absolute atomic E-state index is 7.74. The van der Waals surface area contributed by atoms with Crippen molar-refractivity contribution in [3.05, 3.63) is 0 Å². The predicted molar refractivity (Wildman–Crippen MR) is 25.3 cm³/mol. The summed E-state index contributed by atoms with van der Waals surface area (Å²) in [5, 5.41) is 15.5. The molecule has 1 aliphatic heterocycles. The third kappa shape index (κ3) is 5.74. The zero-order chi connectivity index (χ0) is 3.91. The fourth-order valence-corrected chi connectivity index (χ4v) is 0.0373. The summed E-state index contributed by atoms with van der Waals surface area (Å²) in [4.78, 5) is 7.01. The molecule has 0 radical (unpaired) electrons. The second-order valence-electron chi connectivity index (χ2n) is 0.715. The molecule has 6 heteroatoms. The van der Waals surface area contributed by atoms with Crippen LogP contribution in [-0.4, -0.2) is 77.2 Å². The molecule has 0 aliphatic carbocycles. The predicted octanol–water partition coefficient (Wildman–Crippen LogP) is -1.77. The molecule has 7 heavy (non-hydrogen) atoms. The van der Waals surface area contributed by atoms with E-state index in [4.69, 9.17) is 10.2 Å². The van der Waals surface area contributed by atoms with Crippen molar-refractivity contribution >= 4 is 60.8 Å². The van der Waals surface area contributed by atoms with Gasteiger partial charge in [0, 0.05) is 0 Å². The van der Waals surface area contributed by atoms with Crippen molar-refractivity contribution in [2.45, 2.75) is 6.16 Å². The van der Waals surface area contributed by atoms with Crippen LogP contribution in [0.2, 0.25) is 0 Å². The molecule has 0 saturated carbocycles. The van der Waals surface area contributed by atoms with E-state index in [9.17, 15) is 0 Å². The molecule has 0 bridgehead atoms. The summed E-state index contributed by atoms with van der Waals surface area (Å²) in [6.45, 7) is 0. The molecule has 1 rings (SSSR count). The van der Waals surface area contributed by atoms with Gasteiger partial charge in [-0.2, -0.15) is 0 Å². The summed E-state index contributed by atoms with van der Waals surface area (Å²) in [6.07, 6.45) is -2.25. The van der Waals surface area contributed by atoms with E-state index in [1.807, 2.05) is 0 Å². The standard InChI is InChI=1S/CH2O4.Ca.Mg.4H/c2-1(3)4-5-1;;;;;;/h2-3H;;;;;;/q;2*+2;4*-1. The Hall–Kier alpha value is 1.87. The second-order valence-corrected chi connectivity index (χ2v) is 0.715. The smallest absolute Gasteiger partial charge is 1.00 e. The Morgan fingerprint density at radius 1 is 1.29 bits per heavy atom. The van der Waals surface area contributed by atoms with Gasteiger partial charge in [0.1, 0.15) is 0 Å². The zero-order valence-electron chi connectivity index (χ0n) is 7.63. The van der Waals surface area contributed by atoms with Crippen LogP contribution in [0, 0.1) is 0 Å². The van der Waals surface area contributed by atoms with Crippen LogP contribution in [0.1, 0.15) is 5.71 Å². The molecule has 1 fully saturated rings. The first kappa shape index (κ1) is 11.6. The maximum atomic E-state index is 7.74. The number of hydrogen-bond acceptors (Lipinski definition) is 4. The van der Waals surface area contributed by atoms with Gasteiger partial charge in [0.15, 0.2) is 0 Å². The minimum atomic E-state index is -2.25. The third-order valence-corrected chi connectivity index (χ3v) is 0.232. The molecule has 2 N–H and O–H groups in total. The van der Waals surface area contributed by atoms with E-state index in [1.54, 1.807) is 0 Å². The van der Waals surface area contributed by atoms with E-state index in [-0.39, 0.29) is 66.5 Å². The second kappa shape index (κ2) is 3.81. The average Bonchev–Trinajstić information content (AvgIpc) is 1.76. The Morgan fingerprint density at radius 3 is 1.43 bits per heavy atom. The molecular weight excluding hydrogens is 140 g/mol. The molecule has 0 aromatic rings. The van der Waals surface area contributed by atoms with E-state index >= 15 is 0 Å². The molecule has 1 heterocycles.